The van der Waals surface area contributed by atoms with Crippen molar-refractivity contribution in [1.29, 1.82) is 0 Å². The summed E-state index contributed by atoms with van der Waals surface area (Å²) >= 11 is 0. The molecule has 0 fully saturated rings. The van der Waals surface area contributed by atoms with Gasteiger partial charge in [-0.15, -0.1) is 0 Å². The van der Waals surface area contributed by atoms with Crippen LogP contribution in [0.3, 0.4) is 0 Å². The average molecular weight is 170 g/mol. The number of aromatic nitrogens is 2. The number of benzene rings is 1. The van der Waals surface area contributed by atoms with Crippen molar-refractivity contribution >= 4 is 0 Å². The molecule has 13 heavy (non-hydrogen) atoms. The smallest absolute Gasteiger partial charge is 0.0885 e. The van der Waals surface area contributed by atoms with Gasteiger partial charge in [-0.25, -0.2) is 0 Å². The molecule has 1 heterocycles. The summed E-state index contributed by atoms with van der Waals surface area (Å²) in [6, 6.07) is 8.24. The molecular formula is C11H10N2. The van der Waals surface area contributed by atoms with Crippen molar-refractivity contribution in [2.45, 2.75) is 6.92 Å². The molecule has 0 saturated heterocycles. The zero-order chi connectivity index (χ0) is 9.10. The fourth-order valence-electron chi connectivity index (χ4n) is 1.25. The molecule has 0 spiro atoms. The van der Waals surface area contributed by atoms with Gasteiger partial charge in [-0.2, -0.15) is 0 Å². The lowest BCUT2D eigenvalue weighted by Gasteiger charge is -1.99. The lowest BCUT2D eigenvalue weighted by atomic mass is 10.1. The molecule has 64 valence electrons. The number of hydrogen-bond acceptors (Lipinski definition) is 2. The lowest BCUT2D eigenvalue weighted by Crippen LogP contribution is -1.84. The zero-order valence-corrected chi connectivity index (χ0v) is 7.44. The summed E-state index contributed by atoms with van der Waals surface area (Å²) in [6.45, 7) is 2.07. The van der Waals surface area contributed by atoms with Crippen molar-refractivity contribution in [2.75, 3.05) is 0 Å². The summed E-state index contributed by atoms with van der Waals surface area (Å²) in [4.78, 5) is 8.26. The molecule has 0 saturated carbocycles. The van der Waals surface area contributed by atoms with E-state index in [2.05, 4.69) is 29.0 Å². The Morgan fingerprint density at radius 3 is 2.77 bits per heavy atom. The van der Waals surface area contributed by atoms with Gasteiger partial charge in [0.15, 0.2) is 0 Å². The fraction of sp³-hybridized carbons (Fsp3) is 0.0909. The van der Waals surface area contributed by atoms with Crippen LogP contribution in [0.1, 0.15) is 5.56 Å². The van der Waals surface area contributed by atoms with Crippen molar-refractivity contribution in [3.05, 3.63) is 48.4 Å². The molecule has 0 aliphatic heterocycles. The second-order valence-electron chi connectivity index (χ2n) is 2.96. The molecule has 0 bridgehead atoms. The van der Waals surface area contributed by atoms with Crippen LogP contribution in [0.2, 0.25) is 0 Å². The van der Waals surface area contributed by atoms with E-state index in [1.807, 2.05) is 12.1 Å². The molecule has 0 amide bonds. The van der Waals surface area contributed by atoms with Crippen molar-refractivity contribution in [3.63, 3.8) is 0 Å². The monoisotopic (exact) mass is 170 g/mol. The highest BCUT2D eigenvalue weighted by molar-refractivity contribution is 5.58. The number of nitrogens with zero attached hydrogens (tertiary/aromatic N) is 2. The third-order valence-corrected chi connectivity index (χ3v) is 1.88. The molecule has 0 radical (unpaired) electrons. The molecule has 0 unspecified atom stereocenters. The first-order chi connectivity index (χ1) is 6.36. The van der Waals surface area contributed by atoms with Crippen LogP contribution in [0.4, 0.5) is 0 Å². The Hall–Kier alpha value is -1.70. The van der Waals surface area contributed by atoms with Crippen LogP contribution in [-0.2, 0) is 0 Å². The Morgan fingerprint density at radius 1 is 1.15 bits per heavy atom. The van der Waals surface area contributed by atoms with E-state index in [4.69, 9.17) is 0 Å². The Kier molecular flexibility index (Phi) is 2.04. The molecule has 2 heteroatoms. The van der Waals surface area contributed by atoms with E-state index in [9.17, 15) is 0 Å². The standard InChI is InChI=1S/C11H10N2/c1-9-3-2-4-10(7-9)11-8-12-5-6-13-11/h2-8H,1H3. The van der Waals surface area contributed by atoms with Crippen LogP contribution < -0.4 is 0 Å². The molecule has 0 N–H and O–H groups in total. The van der Waals surface area contributed by atoms with Crippen LogP contribution in [0.5, 0.6) is 0 Å². The highest BCUT2D eigenvalue weighted by Gasteiger charge is 1.96. The van der Waals surface area contributed by atoms with E-state index in [1.54, 1.807) is 18.6 Å². The Bertz CT molecular complexity index is 396. The molecular weight excluding hydrogens is 160 g/mol. The molecule has 0 atom stereocenters. The van der Waals surface area contributed by atoms with E-state index >= 15 is 0 Å². The van der Waals surface area contributed by atoms with E-state index in [1.165, 1.54) is 5.56 Å². The third kappa shape index (κ3) is 1.72. The molecule has 2 rings (SSSR count). The minimum Gasteiger partial charge on any atom is -0.261 e. The van der Waals surface area contributed by atoms with E-state index < -0.39 is 0 Å². The highest BCUT2D eigenvalue weighted by Crippen LogP contribution is 2.15. The maximum absolute atomic E-state index is 4.23. The minimum absolute atomic E-state index is 0.922. The molecule has 0 aliphatic rings. The molecule has 0 aliphatic carbocycles. The Labute approximate surface area is 77.3 Å². The van der Waals surface area contributed by atoms with Crippen molar-refractivity contribution in [1.82, 2.24) is 9.97 Å². The maximum Gasteiger partial charge on any atom is 0.0885 e. The first-order valence-electron chi connectivity index (χ1n) is 4.19. The van der Waals surface area contributed by atoms with E-state index in [-0.39, 0.29) is 0 Å². The SMILES string of the molecule is Cc1cccc(-c2cnccn2)c1. The van der Waals surface area contributed by atoms with Crippen LogP contribution in [0, 0.1) is 6.92 Å². The van der Waals surface area contributed by atoms with Gasteiger partial charge in [0, 0.05) is 18.0 Å². The van der Waals surface area contributed by atoms with Gasteiger partial charge in [0.25, 0.3) is 0 Å². The largest absolute Gasteiger partial charge is 0.261 e. The third-order valence-electron chi connectivity index (χ3n) is 1.88. The quantitative estimate of drug-likeness (QED) is 0.657. The van der Waals surface area contributed by atoms with Gasteiger partial charge in [0.1, 0.15) is 0 Å². The number of hydrogen-bond donors (Lipinski definition) is 0. The first-order valence-corrected chi connectivity index (χ1v) is 4.19. The van der Waals surface area contributed by atoms with Gasteiger partial charge in [-0.1, -0.05) is 23.8 Å². The predicted molar refractivity (Wildman–Crippen MR) is 52.2 cm³/mol. The van der Waals surface area contributed by atoms with E-state index in [0.717, 1.165) is 11.3 Å². The summed E-state index contributed by atoms with van der Waals surface area (Å²) in [5.41, 5.74) is 3.28. The topological polar surface area (TPSA) is 25.8 Å². The van der Waals surface area contributed by atoms with Crippen molar-refractivity contribution < 1.29 is 0 Å². The highest BCUT2D eigenvalue weighted by atomic mass is 14.8. The van der Waals surface area contributed by atoms with Crippen LogP contribution >= 0.6 is 0 Å². The Balaban J connectivity index is 2.48. The van der Waals surface area contributed by atoms with Gasteiger partial charge < -0.3 is 0 Å². The van der Waals surface area contributed by atoms with Crippen LogP contribution in [0.25, 0.3) is 11.3 Å². The molecule has 1 aromatic carbocycles. The number of rotatable bonds is 1. The molecule has 2 aromatic rings. The molecule has 2 nitrogen and oxygen atoms in total. The maximum atomic E-state index is 4.23. The normalized spacial score (nSPS) is 9.92. The minimum atomic E-state index is 0.922. The second-order valence-corrected chi connectivity index (χ2v) is 2.96. The van der Waals surface area contributed by atoms with Gasteiger partial charge >= 0.3 is 0 Å². The summed E-state index contributed by atoms with van der Waals surface area (Å²) < 4.78 is 0. The van der Waals surface area contributed by atoms with E-state index in [0.29, 0.717) is 0 Å². The van der Waals surface area contributed by atoms with Crippen molar-refractivity contribution in [2.24, 2.45) is 0 Å². The van der Waals surface area contributed by atoms with Crippen molar-refractivity contribution in [3.8, 4) is 11.3 Å². The first kappa shape index (κ1) is 7.92. The second kappa shape index (κ2) is 3.35. The fourth-order valence-corrected chi connectivity index (χ4v) is 1.25. The lowest BCUT2D eigenvalue weighted by molar-refractivity contribution is 1.20. The van der Waals surface area contributed by atoms with Gasteiger partial charge in [-0.05, 0) is 13.0 Å². The summed E-state index contributed by atoms with van der Waals surface area (Å²) in [5, 5.41) is 0. The molecule has 1 aromatic heterocycles. The average Bonchev–Trinajstić information content (AvgIpc) is 2.19. The summed E-state index contributed by atoms with van der Waals surface area (Å²) in [5.74, 6) is 0. The zero-order valence-electron chi connectivity index (χ0n) is 7.44. The van der Waals surface area contributed by atoms with Crippen LogP contribution in [0.15, 0.2) is 42.9 Å². The predicted octanol–water partition coefficient (Wildman–Crippen LogP) is 2.45. The number of aryl methyl sites for hydroxylation is 1. The Morgan fingerprint density at radius 2 is 2.08 bits per heavy atom. The van der Waals surface area contributed by atoms with Gasteiger partial charge in [-0.3, -0.25) is 9.97 Å². The summed E-state index contributed by atoms with van der Waals surface area (Å²) in [7, 11) is 0. The summed E-state index contributed by atoms with van der Waals surface area (Å²) in [6.07, 6.45) is 5.16. The van der Waals surface area contributed by atoms with Gasteiger partial charge in [0.2, 0.25) is 0 Å². The van der Waals surface area contributed by atoms with Crippen LogP contribution in [-0.4, -0.2) is 9.97 Å². The van der Waals surface area contributed by atoms with Gasteiger partial charge in [0.05, 0.1) is 11.9 Å².